The largest absolute Gasteiger partial charge is 0.337 e. The zero-order valence-electron chi connectivity index (χ0n) is 11.4. The molecular weight excluding hydrogens is 272 g/mol. The molecule has 2 aromatic heterocycles. The molecule has 3 heterocycles. The number of carbonyl (C=O) groups excluding carboxylic acids is 1. The second kappa shape index (κ2) is 5.76. The molecule has 3 rings (SSSR count). The lowest BCUT2D eigenvalue weighted by Crippen LogP contribution is -2.41. The molecule has 0 spiro atoms. The maximum absolute atomic E-state index is 12.2. The molecule has 0 aliphatic carbocycles. The molecular formula is C14H18N4OS. The van der Waals surface area contributed by atoms with E-state index in [9.17, 15) is 4.79 Å². The standard InChI is InChI=1S/C14H18N4OS/c1-10(12-6-16-17-7-12)15-8-14(19)18-4-2-13-11(9-18)3-5-20-13/h3,5-7,10,15H,2,4,8-9H2,1H3,(H,16,17). The van der Waals surface area contributed by atoms with Crippen molar-refractivity contribution in [3.63, 3.8) is 0 Å². The van der Waals surface area contributed by atoms with Crippen molar-refractivity contribution in [3.05, 3.63) is 39.8 Å². The van der Waals surface area contributed by atoms with E-state index in [1.54, 1.807) is 17.5 Å². The van der Waals surface area contributed by atoms with E-state index in [2.05, 4.69) is 27.0 Å². The fourth-order valence-electron chi connectivity index (χ4n) is 2.43. The topological polar surface area (TPSA) is 61.0 Å². The third-order valence-corrected chi connectivity index (χ3v) is 4.76. The fourth-order valence-corrected chi connectivity index (χ4v) is 3.32. The van der Waals surface area contributed by atoms with Crippen LogP contribution in [0.5, 0.6) is 0 Å². The molecule has 0 bridgehead atoms. The van der Waals surface area contributed by atoms with Crippen molar-refractivity contribution < 1.29 is 4.79 Å². The van der Waals surface area contributed by atoms with Crippen LogP contribution in [0.25, 0.3) is 0 Å². The molecule has 1 atom stereocenters. The zero-order valence-corrected chi connectivity index (χ0v) is 12.2. The van der Waals surface area contributed by atoms with E-state index < -0.39 is 0 Å². The zero-order chi connectivity index (χ0) is 13.9. The first kappa shape index (κ1) is 13.3. The van der Waals surface area contributed by atoms with Gasteiger partial charge in [0, 0.05) is 35.8 Å². The van der Waals surface area contributed by atoms with E-state index in [0.717, 1.165) is 25.1 Å². The summed E-state index contributed by atoms with van der Waals surface area (Å²) in [6.45, 7) is 3.98. The minimum absolute atomic E-state index is 0.124. The van der Waals surface area contributed by atoms with Gasteiger partial charge in [0.1, 0.15) is 0 Å². The average Bonchev–Trinajstić information content (AvgIpc) is 3.13. The van der Waals surface area contributed by atoms with E-state index in [0.29, 0.717) is 6.54 Å². The highest BCUT2D eigenvalue weighted by Gasteiger charge is 2.21. The number of hydrogen-bond acceptors (Lipinski definition) is 4. The highest BCUT2D eigenvalue weighted by Crippen LogP contribution is 2.23. The summed E-state index contributed by atoms with van der Waals surface area (Å²) in [6, 6.07) is 2.25. The Morgan fingerprint density at radius 3 is 3.35 bits per heavy atom. The SMILES string of the molecule is CC(NCC(=O)N1CCc2sccc2C1)c1cn[nH]c1. The van der Waals surface area contributed by atoms with Crippen LogP contribution < -0.4 is 5.32 Å². The number of aromatic amines is 1. The molecule has 1 aliphatic heterocycles. The van der Waals surface area contributed by atoms with Crippen molar-refractivity contribution in [2.45, 2.75) is 25.9 Å². The van der Waals surface area contributed by atoms with Crippen LogP contribution in [0.15, 0.2) is 23.8 Å². The number of carbonyl (C=O) groups is 1. The van der Waals surface area contributed by atoms with Crippen molar-refractivity contribution in [2.24, 2.45) is 0 Å². The summed E-state index contributed by atoms with van der Waals surface area (Å²) in [5, 5.41) is 12.1. The highest BCUT2D eigenvalue weighted by molar-refractivity contribution is 7.10. The molecule has 106 valence electrons. The Morgan fingerprint density at radius 2 is 2.55 bits per heavy atom. The molecule has 2 N–H and O–H groups in total. The number of thiophene rings is 1. The summed E-state index contributed by atoms with van der Waals surface area (Å²) in [7, 11) is 0. The highest BCUT2D eigenvalue weighted by atomic mass is 32.1. The first-order valence-electron chi connectivity index (χ1n) is 6.79. The van der Waals surface area contributed by atoms with E-state index in [1.165, 1.54) is 10.4 Å². The molecule has 20 heavy (non-hydrogen) atoms. The molecule has 6 heteroatoms. The van der Waals surface area contributed by atoms with Gasteiger partial charge in [-0.15, -0.1) is 11.3 Å². The second-order valence-corrected chi connectivity index (χ2v) is 6.07. The Morgan fingerprint density at radius 1 is 1.65 bits per heavy atom. The van der Waals surface area contributed by atoms with Gasteiger partial charge in [0.2, 0.25) is 5.91 Å². The summed E-state index contributed by atoms with van der Waals surface area (Å²) in [5.74, 6) is 0.164. The number of nitrogens with zero attached hydrogens (tertiary/aromatic N) is 2. The van der Waals surface area contributed by atoms with E-state index >= 15 is 0 Å². The van der Waals surface area contributed by atoms with Gasteiger partial charge < -0.3 is 10.2 Å². The number of aromatic nitrogens is 2. The van der Waals surface area contributed by atoms with Crippen LogP contribution in [0.1, 0.15) is 29.0 Å². The molecule has 1 amide bonds. The quantitative estimate of drug-likeness (QED) is 0.901. The monoisotopic (exact) mass is 290 g/mol. The molecule has 1 aliphatic rings. The smallest absolute Gasteiger partial charge is 0.236 e. The Balaban J connectivity index is 1.53. The molecule has 5 nitrogen and oxygen atoms in total. The predicted molar refractivity (Wildman–Crippen MR) is 78.4 cm³/mol. The average molecular weight is 290 g/mol. The molecule has 1 unspecified atom stereocenters. The lowest BCUT2D eigenvalue weighted by Gasteiger charge is -2.27. The maximum atomic E-state index is 12.2. The van der Waals surface area contributed by atoms with Crippen molar-refractivity contribution in [1.82, 2.24) is 20.4 Å². The number of nitrogens with one attached hydrogen (secondary N) is 2. The van der Waals surface area contributed by atoms with Crippen LogP contribution >= 0.6 is 11.3 Å². The van der Waals surface area contributed by atoms with E-state index in [-0.39, 0.29) is 11.9 Å². The summed E-state index contributed by atoms with van der Waals surface area (Å²) < 4.78 is 0. The number of amides is 1. The van der Waals surface area contributed by atoms with Crippen LogP contribution in [0.2, 0.25) is 0 Å². The summed E-state index contributed by atoms with van der Waals surface area (Å²) >= 11 is 1.79. The Labute approximate surface area is 122 Å². The molecule has 2 aromatic rings. The van der Waals surface area contributed by atoms with Crippen molar-refractivity contribution in [1.29, 1.82) is 0 Å². The van der Waals surface area contributed by atoms with Gasteiger partial charge in [0.05, 0.1) is 12.7 Å². The number of H-pyrrole nitrogens is 1. The Kier molecular flexibility index (Phi) is 3.84. The number of fused-ring (bicyclic) bond motifs is 1. The maximum Gasteiger partial charge on any atom is 0.236 e. The minimum atomic E-state index is 0.124. The van der Waals surface area contributed by atoms with Gasteiger partial charge in [0.15, 0.2) is 0 Å². The summed E-state index contributed by atoms with van der Waals surface area (Å²) in [4.78, 5) is 15.6. The number of hydrogen-bond donors (Lipinski definition) is 2. The van der Waals surface area contributed by atoms with Crippen LogP contribution in [0.3, 0.4) is 0 Å². The van der Waals surface area contributed by atoms with Crippen LogP contribution in [0.4, 0.5) is 0 Å². The number of rotatable bonds is 4. The van der Waals surface area contributed by atoms with Gasteiger partial charge in [-0.2, -0.15) is 5.10 Å². The van der Waals surface area contributed by atoms with Gasteiger partial charge in [-0.1, -0.05) is 0 Å². The summed E-state index contributed by atoms with van der Waals surface area (Å²) in [5.41, 5.74) is 2.37. The van der Waals surface area contributed by atoms with Crippen LogP contribution in [-0.4, -0.2) is 34.1 Å². The molecule has 0 radical (unpaired) electrons. The normalized spacial score (nSPS) is 15.9. The predicted octanol–water partition coefficient (Wildman–Crippen LogP) is 1.71. The van der Waals surface area contributed by atoms with Gasteiger partial charge in [-0.05, 0) is 30.4 Å². The van der Waals surface area contributed by atoms with Crippen molar-refractivity contribution in [2.75, 3.05) is 13.1 Å². The van der Waals surface area contributed by atoms with E-state index in [1.807, 2.05) is 18.0 Å². The van der Waals surface area contributed by atoms with Crippen molar-refractivity contribution >= 4 is 17.2 Å². The van der Waals surface area contributed by atoms with Gasteiger partial charge in [-0.25, -0.2) is 0 Å². The molecule has 0 fully saturated rings. The third kappa shape index (κ3) is 2.76. The second-order valence-electron chi connectivity index (χ2n) is 5.07. The first-order chi connectivity index (χ1) is 9.74. The van der Waals surface area contributed by atoms with Gasteiger partial charge >= 0.3 is 0 Å². The van der Waals surface area contributed by atoms with Gasteiger partial charge in [0.25, 0.3) is 0 Å². The lowest BCUT2D eigenvalue weighted by atomic mass is 10.1. The van der Waals surface area contributed by atoms with Crippen LogP contribution in [-0.2, 0) is 17.8 Å². The van der Waals surface area contributed by atoms with Crippen LogP contribution in [0, 0.1) is 0 Å². The Bertz CT molecular complexity index is 578. The molecule has 0 saturated carbocycles. The molecule has 0 aromatic carbocycles. The lowest BCUT2D eigenvalue weighted by molar-refractivity contribution is -0.131. The van der Waals surface area contributed by atoms with Crippen molar-refractivity contribution in [3.8, 4) is 0 Å². The minimum Gasteiger partial charge on any atom is -0.337 e. The van der Waals surface area contributed by atoms with E-state index in [4.69, 9.17) is 0 Å². The third-order valence-electron chi connectivity index (χ3n) is 3.74. The Hall–Kier alpha value is -1.66. The first-order valence-corrected chi connectivity index (χ1v) is 7.67. The summed E-state index contributed by atoms with van der Waals surface area (Å²) in [6.07, 6.45) is 4.61. The molecule has 0 saturated heterocycles. The van der Waals surface area contributed by atoms with Gasteiger partial charge in [-0.3, -0.25) is 9.89 Å². The fraction of sp³-hybridized carbons (Fsp3) is 0.429.